The maximum atomic E-state index is 11.3. The van der Waals surface area contributed by atoms with Crippen molar-refractivity contribution in [2.45, 2.75) is 6.92 Å². The lowest BCUT2D eigenvalue weighted by atomic mass is 10.2. The number of carbonyl (C=O) groups is 2. The smallest absolute Gasteiger partial charge is 0.379 e. The maximum absolute atomic E-state index is 11.3. The van der Waals surface area contributed by atoms with Gasteiger partial charge in [0.2, 0.25) is 0 Å². The number of benzene rings is 1. The number of carbonyl (C=O) groups excluding carboxylic acids is 2. The first-order chi connectivity index (χ1) is 9.22. The van der Waals surface area contributed by atoms with E-state index in [0.29, 0.717) is 5.82 Å². The number of esters is 1. The molecule has 1 heterocycles. The van der Waals surface area contributed by atoms with Gasteiger partial charge in [0, 0.05) is 17.7 Å². The minimum Gasteiger partial charge on any atom is -0.460 e. The highest BCUT2D eigenvalue weighted by Crippen LogP contribution is 2.19. The van der Waals surface area contributed by atoms with Gasteiger partial charge < -0.3 is 10.1 Å². The fourth-order valence-corrected chi connectivity index (χ4v) is 1.54. The van der Waals surface area contributed by atoms with Crippen LogP contribution in [0.5, 0.6) is 0 Å². The molecule has 1 aromatic carbocycles. The number of hydrogen-bond donors (Lipinski definition) is 2. The van der Waals surface area contributed by atoms with Crippen LogP contribution in [0, 0.1) is 0 Å². The van der Waals surface area contributed by atoms with Crippen LogP contribution >= 0.6 is 0 Å². The third-order valence-electron chi connectivity index (χ3n) is 2.40. The molecule has 0 aliphatic heterocycles. The highest BCUT2D eigenvalue weighted by atomic mass is 16.5. The number of fused-ring (bicyclic) bond motifs is 1. The van der Waals surface area contributed by atoms with E-state index in [9.17, 15) is 9.59 Å². The molecule has 0 bridgehead atoms. The second-order valence-corrected chi connectivity index (χ2v) is 3.68. The summed E-state index contributed by atoms with van der Waals surface area (Å²) in [6.07, 6.45) is 2.48. The van der Waals surface area contributed by atoms with E-state index in [4.69, 9.17) is 0 Å². The summed E-state index contributed by atoms with van der Waals surface area (Å²) in [7, 11) is 0. The summed E-state index contributed by atoms with van der Waals surface area (Å²) in [5.74, 6) is -0.995. The molecule has 2 rings (SSSR count). The number of hydrogen-bond acceptors (Lipinski definition) is 5. The van der Waals surface area contributed by atoms with Gasteiger partial charge in [-0.2, -0.15) is 5.10 Å². The molecular weight excluding hydrogens is 246 g/mol. The van der Waals surface area contributed by atoms with Crippen molar-refractivity contribution < 1.29 is 14.3 Å². The van der Waals surface area contributed by atoms with Crippen LogP contribution in [0.1, 0.15) is 6.92 Å². The minimum absolute atomic E-state index is 0.176. The van der Waals surface area contributed by atoms with Crippen LogP contribution in [0.25, 0.3) is 10.9 Å². The van der Waals surface area contributed by atoms with Gasteiger partial charge in [-0.3, -0.25) is 9.89 Å². The number of aromatic nitrogens is 2. The Hall–Kier alpha value is -2.63. The first-order valence-electron chi connectivity index (χ1n) is 5.79. The lowest BCUT2D eigenvalue weighted by Crippen LogP contribution is -2.14. The predicted molar refractivity (Wildman–Crippen MR) is 70.5 cm³/mol. The van der Waals surface area contributed by atoms with Gasteiger partial charge in [0.25, 0.3) is 5.78 Å². The van der Waals surface area contributed by atoms with Gasteiger partial charge in [0.1, 0.15) is 0 Å². The van der Waals surface area contributed by atoms with Crippen LogP contribution in [0.4, 0.5) is 5.82 Å². The van der Waals surface area contributed by atoms with Gasteiger partial charge in [0.05, 0.1) is 12.1 Å². The zero-order chi connectivity index (χ0) is 13.7. The number of ketones is 1. The third-order valence-corrected chi connectivity index (χ3v) is 2.40. The average molecular weight is 259 g/mol. The molecule has 0 spiro atoms. The molecule has 0 atom stereocenters. The summed E-state index contributed by atoms with van der Waals surface area (Å²) in [6, 6.07) is 7.56. The Morgan fingerprint density at radius 1 is 1.42 bits per heavy atom. The summed E-state index contributed by atoms with van der Waals surface area (Å²) < 4.78 is 4.57. The summed E-state index contributed by atoms with van der Waals surface area (Å²) in [5, 5.41) is 10.6. The molecular formula is C13H13N3O3. The van der Waals surface area contributed by atoms with Crippen LogP contribution in [-0.2, 0) is 14.3 Å². The standard InChI is InChI=1S/C13H13N3O3/c1-2-19-13(18)11(17)7-8-14-12-9-5-3-4-6-10(9)15-16-12/h3-8H,2H2,1H3,(H2,14,15,16). The molecule has 1 aromatic heterocycles. The van der Waals surface area contributed by atoms with Crippen LogP contribution in [-0.4, -0.2) is 28.6 Å². The highest BCUT2D eigenvalue weighted by molar-refractivity contribution is 6.38. The quantitative estimate of drug-likeness (QED) is 0.484. The average Bonchev–Trinajstić information content (AvgIpc) is 2.82. The zero-order valence-electron chi connectivity index (χ0n) is 10.3. The minimum atomic E-state index is -0.868. The topological polar surface area (TPSA) is 84.1 Å². The SMILES string of the molecule is CCOC(=O)C(=O)C=CNc1n[nH]c2ccccc12. The monoisotopic (exact) mass is 259 g/mol. The van der Waals surface area contributed by atoms with Crippen molar-refractivity contribution >= 4 is 28.5 Å². The fraction of sp³-hybridized carbons (Fsp3) is 0.154. The Morgan fingerprint density at radius 2 is 2.21 bits per heavy atom. The Morgan fingerprint density at radius 3 is 3.00 bits per heavy atom. The van der Waals surface area contributed by atoms with Crippen LogP contribution in [0.2, 0.25) is 0 Å². The normalized spacial score (nSPS) is 10.8. The van der Waals surface area contributed by atoms with Crippen molar-refractivity contribution in [2.24, 2.45) is 0 Å². The van der Waals surface area contributed by atoms with Crippen molar-refractivity contribution in [3.05, 3.63) is 36.5 Å². The number of para-hydroxylation sites is 1. The number of ether oxygens (including phenoxy) is 1. The Kier molecular flexibility index (Phi) is 3.92. The number of nitrogens with zero attached hydrogens (tertiary/aromatic N) is 1. The number of aromatic amines is 1. The summed E-state index contributed by atoms with van der Waals surface area (Å²) in [4.78, 5) is 22.4. The molecule has 98 valence electrons. The molecule has 6 heteroatoms. The summed E-state index contributed by atoms with van der Waals surface area (Å²) in [6.45, 7) is 1.82. The van der Waals surface area contributed by atoms with Crippen molar-refractivity contribution in [1.82, 2.24) is 10.2 Å². The number of nitrogens with one attached hydrogen (secondary N) is 2. The molecule has 6 nitrogen and oxygen atoms in total. The van der Waals surface area contributed by atoms with Crippen molar-refractivity contribution in [2.75, 3.05) is 11.9 Å². The Labute approximate surface area is 109 Å². The van der Waals surface area contributed by atoms with E-state index in [2.05, 4.69) is 20.3 Å². The molecule has 0 radical (unpaired) electrons. The molecule has 0 fully saturated rings. The maximum Gasteiger partial charge on any atom is 0.379 e. The lowest BCUT2D eigenvalue weighted by molar-refractivity contribution is -0.151. The largest absolute Gasteiger partial charge is 0.460 e. The second kappa shape index (κ2) is 5.81. The molecule has 0 saturated carbocycles. The molecule has 2 N–H and O–H groups in total. The number of rotatable bonds is 5. The van der Waals surface area contributed by atoms with E-state index < -0.39 is 11.8 Å². The van der Waals surface area contributed by atoms with E-state index in [1.807, 2.05) is 24.3 Å². The van der Waals surface area contributed by atoms with Crippen LogP contribution < -0.4 is 5.32 Å². The van der Waals surface area contributed by atoms with Crippen molar-refractivity contribution in [3.63, 3.8) is 0 Å². The van der Waals surface area contributed by atoms with Gasteiger partial charge in [-0.1, -0.05) is 12.1 Å². The molecule has 2 aromatic rings. The second-order valence-electron chi connectivity index (χ2n) is 3.68. The van der Waals surface area contributed by atoms with Gasteiger partial charge in [0.15, 0.2) is 5.82 Å². The van der Waals surface area contributed by atoms with E-state index in [-0.39, 0.29) is 6.61 Å². The van der Waals surface area contributed by atoms with Gasteiger partial charge in [-0.25, -0.2) is 4.79 Å². The molecule has 0 amide bonds. The van der Waals surface area contributed by atoms with E-state index >= 15 is 0 Å². The Balaban J connectivity index is 2.02. The zero-order valence-corrected chi connectivity index (χ0v) is 10.3. The summed E-state index contributed by atoms with van der Waals surface area (Å²) in [5.41, 5.74) is 0.884. The predicted octanol–water partition coefficient (Wildman–Crippen LogP) is 1.62. The Bertz CT molecular complexity index is 631. The van der Waals surface area contributed by atoms with E-state index in [1.165, 1.54) is 6.20 Å². The van der Waals surface area contributed by atoms with Gasteiger partial charge in [-0.15, -0.1) is 0 Å². The van der Waals surface area contributed by atoms with Gasteiger partial charge in [-0.05, 0) is 19.1 Å². The highest BCUT2D eigenvalue weighted by Gasteiger charge is 2.10. The summed E-state index contributed by atoms with van der Waals surface area (Å²) >= 11 is 0. The van der Waals surface area contributed by atoms with Crippen LogP contribution in [0.15, 0.2) is 36.5 Å². The molecule has 0 aliphatic carbocycles. The molecule has 0 aliphatic rings. The third kappa shape index (κ3) is 2.98. The first kappa shape index (κ1) is 12.8. The molecule has 0 saturated heterocycles. The number of anilines is 1. The van der Waals surface area contributed by atoms with Crippen LogP contribution in [0.3, 0.4) is 0 Å². The van der Waals surface area contributed by atoms with Crippen molar-refractivity contribution in [1.29, 1.82) is 0 Å². The van der Waals surface area contributed by atoms with Crippen molar-refractivity contribution in [3.8, 4) is 0 Å². The van der Waals surface area contributed by atoms with E-state index in [0.717, 1.165) is 17.0 Å². The fourth-order valence-electron chi connectivity index (χ4n) is 1.54. The molecule has 19 heavy (non-hydrogen) atoms. The number of H-pyrrole nitrogens is 1. The van der Waals surface area contributed by atoms with E-state index in [1.54, 1.807) is 6.92 Å². The molecule has 0 unspecified atom stereocenters. The lowest BCUT2D eigenvalue weighted by Gasteiger charge is -1.97. The first-order valence-corrected chi connectivity index (χ1v) is 5.79. The van der Waals surface area contributed by atoms with Gasteiger partial charge >= 0.3 is 5.97 Å².